The van der Waals surface area contributed by atoms with Gasteiger partial charge >= 0.3 is 0 Å². The van der Waals surface area contributed by atoms with Crippen molar-refractivity contribution in [3.8, 4) is 0 Å². The zero-order chi connectivity index (χ0) is 19.6. The van der Waals surface area contributed by atoms with Crippen molar-refractivity contribution in [2.45, 2.75) is 51.8 Å². The lowest BCUT2D eigenvalue weighted by Gasteiger charge is -2.40. The van der Waals surface area contributed by atoms with Gasteiger partial charge in [0.2, 0.25) is 5.91 Å². The topological polar surface area (TPSA) is 87.2 Å². The van der Waals surface area contributed by atoms with E-state index in [9.17, 15) is 4.79 Å². The van der Waals surface area contributed by atoms with Gasteiger partial charge in [-0.2, -0.15) is 0 Å². The number of likely N-dealkylation sites (tertiary alicyclic amines) is 1. The number of ether oxygens (including phenoxy) is 1. The lowest BCUT2D eigenvalue weighted by molar-refractivity contribution is -0.136. The van der Waals surface area contributed by atoms with Crippen LogP contribution >= 0.6 is 0 Å². The molecule has 4 heterocycles. The highest BCUT2D eigenvalue weighted by atomic mass is 16.5. The normalized spacial score (nSPS) is 20.5. The summed E-state index contributed by atoms with van der Waals surface area (Å²) in [6.45, 7) is 8.31. The molecule has 2 fully saturated rings. The van der Waals surface area contributed by atoms with Gasteiger partial charge in [-0.15, -0.1) is 0 Å². The van der Waals surface area contributed by atoms with Gasteiger partial charge < -0.3 is 14.6 Å². The smallest absolute Gasteiger partial charge is 0.225 e. The highest BCUT2D eigenvalue weighted by molar-refractivity contribution is 5.77. The number of rotatable bonds is 4. The summed E-state index contributed by atoms with van der Waals surface area (Å²) >= 11 is 0. The third kappa shape index (κ3) is 4.23. The number of imidazole rings is 1. The van der Waals surface area contributed by atoms with Gasteiger partial charge in [0.25, 0.3) is 0 Å². The van der Waals surface area contributed by atoms with Crippen molar-refractivity contribution >= 4 is 5.91 Å². The molecule has 0 radical (unpaired) electrons. The highest BCUT2D eigenvalue weighted by Crippen LogP contribution is 2.33. The van der Waals surface area contributed by atoms with Crippen LogP contribution in [0.3, 0.4) is 0 Å². The molecule has 150 valence electrons. The van der Waals surface area contributed by atoms with E-state index in [-0.39, 0.29) is 11.5 Å². The fraction of sp³-hybridized carbons (Fsp3) is 0.600. The number of aromatic nitrogens is 4. The molecule has 2 saturated heterocycles. The van der Waals surface area contributed by atoms with Gasteiger partial charge in [-0.25, -0.2) is 4.98 Å². The first-order valence-electron chi connectivity index (χ1n) is 9.93. The zero-order valence-corrected chi connectivity index (χ0v) is 16.6. The van der Waals surface area contributed by atoms with Gasteiger partial charge in [-0.05, 0) is 26.7 Å². The Labute approximate surface area is 165 Å². The Morgan fingerprint density at radius 2 is 1.93 bits per heavy atom. The summed E-state index contributed by atoms with van der Waals surface area (Å²) in [6.07, 6.45) is 7.44. The summed E-state index contributed by atoms with van der Waals surface area (Å²) in [5, 5.41) is 0. The second kappa shape index (κ2) is 7.97. The standard InChI is InChI=1S/C20H28N6O2/c1-15-10-22-17(11-21-15)12-26-7-8-28-20(9-19(26)27)3-5-25(6-4-20)13-18-16(2)23-14-24-18/h10-11,14H,3-9,12-13H2,1-2H3,(H,23,24). The minimum absolute atomic E-state index is 0.150. The fourth-order valence-corrected chi connectivity index (χ4v) is 4.00. The first kappa shape index (κ1) is 19.0. The Morgan fingerprint density at radius 3 is 2.61 bits per heavy atom. The largest absolute Gasteiger partial charge is 0.373 e. The molecule has 28 heavy (non-hydrogen) atoms. The van der Waals surface area contributed by atoms with Crippen LogP contribution in [0.15, 0.2) is 18.7 Å². The predicted octanol–water partition coefficient (Wildman–Crippen LogP) is 1.60. The maximum atomic E-state index is 12.9. The molecular weight excluding hydrogens is 356 g/mol. The maximum absolute atomic E-state index is 12.9. The van der Waals surface area contributed by atoms with Crippen LogP contribution in [-0.2, 0) is 22.6 Å². The number of H-pyrrole nitrogens is 1. The number of nitrogens with one attached hydrogen (secondary N) is 1. The molecule has 8 nitrogen and oxygen atoms in total. The molecule has 1 amide bonds. The summed E-state index contributed by atoms with van der Waals surface area (Å²) < 4.78 is 6.25. The van der Waals surface area contributed by atoms with Crippen molar-refractivity contribution in [3.63, 3.8) is 0 Å². The number of nitrogens with zero attached hydrogens (tertiary/aromatic N) is 5. The van der Waals surface area contributed by atoms with Crippen LogP contribution in [0.25, 0.3) is 0 Å². The van der Waals surface area contributed by atoms with E-state index < -0.39 is 0 Å². The average Bonchev–Trinajstić information content (AvgIpc) is 3.02. The van der Waals surface area contributed by atoms with Crippen LogP contribution < -0.4 is 0 Å². The fourth-order valence-electron chi connectivity index (χ4n) is 4.00. The van der Waals surface area contributed by atoms with E-state index in [1.165, 1.54) is 0 Å². The molecule has 1 spiro atoms. The van der Waals surface area contributed by atoms with Crippen molar-refractivity contribution in [3.05, 3.63) is 41.5 Å². The minimum Gasteiger partial charge on any atom is -0.373 e. The second-order valence-electron chi connectivity index (χ2n) is 7.92. The highest BCUT2D eigenvalue weighted by Gasteiger charge is 2.40. The molecule has 2 aromatic rings. The summed E-state index contributed by atoms with van der Waals surface area (Å²) in [4.78, 5) is 33.4. The number of piperidine rings is 1. The van der Waals surface area contributed by atoms with Crippen LogP contribution in [0.5, 0.6) is 0 Å². The Bertz CT molecular complexity index is 810. The minimum atomic E-state index is -0.331. The van der Waals surface area contributed by atoms with E-state index in [2.05, 4.69) is 24.8 Å². The van der Waals surface area contributed by atoms with E-state index in [1.54, 1.807) is 18.7 Å². The predicted molar refractivity (Wildman–Crippen MR) is 103 cm³/mol. The zero-order valence-electron chi connectivity index (χ0n) is 16.6. The lowest BCUT2D eigenvalue weighted by Crippen LogP contribution is -2.47. The molecule has 2 aliphatic heterocycles. The summed E-state index contributed by atoms with van der Waals surface area (Å²) in [7, 11) is 0. The quantitative estimate of drug-likeness (QED) is 0.862. The first-order valence-corrected chi connectivity index (χ1v) is 9.93. The molecule has 0 atom stereocenters. The molecule has 4 rings (SSSR count). The van der Waals surface area contributed by atoms with Crippen molar-refractivity contribution in [2.75, 3.05) is 26.2 Å². The lowest BCUT2D eigenvalue weighted by atomic mass is 9.87. The molecule has 0 bridgehead atoms. The van der Waals surface area contributed by atoms with E-state index in [0.29, 0.717) is 26.1 Å². The third-order valence-electron chi connectivity index (χ3n) is 5.86. The van der Waals surface area contributed by atoms with E-state index in [0.717, 1.165) is 55.3 Å². The van der Waals surface area contributed by atoms with E-state index in [1.807, 2.05) is 18.7 Å². The van der Waals surface area contributed by atoms with Crippen LogP contribution in [0.1, 0.15) is 42.0 Å². The SMILES string of the molecule is Cc1cnc(CN2CCOC3(CCN(Cc4nc[nH]c4C)CC3)CC2=O)cn1. The van der Waals surface area contributed by atoms with Gasteiger partial charge in [0.15, 0.2) is 0 Å². The summed E-state index contributed by atoms with van der Waals surface area (Å²) in [5.74, 6) is 0.150. The van der Waals surface area contributed by atoms with Crippen molar-refractivity contribution in [1.29, 1.82) is 0 Å². The third-order valence-corrected chi connectivity index (χ3v) is 5.86. The molecule has 8 heteroatoms. The number of carbonyl (C=O) groups is 1. The number of aromatic amines is 1. The average molecular weight is 384 g/mol. The number of hydrogen-bond donors (Lipinski definition) is 1. The van der Waals surface area contributed by atoms with Crippen molar-refractivity contribution in [2.24, 2.45) is 0 Å². The molecule has 0 unspecified atom stereocenters. The maximum Gasteiger partial charge on any atom is 0.225 e. The van der Waals surface area contributed by atoms with Crippen molar-refractivity contribution in [1.82, 2.24) is 29.7 Å². The molecule has 0 aromatic carbocycles. The Kier molecular flexibility index (Phi) is 5.41. The summed E-state index contributed by atoms with van der Waals surface area (Å²) in [6, 6.07) is 0. The Morgan fingerprint density at radius 1 is 1.11 bits per heavy atom. The number of carbonyl (C=O) groups excluding carboxylic acids is 1. The Hall–Kier alpha value is -2.32. The molecule has 2 aromatic heterocycles. The molecule has 2 aliphatic rings. The van der Waals surface area contributed by atoms with Gasteiger partial charge in [-0.3, -0.25) is 19.7 Å². The molecule has 1 N–H and O–H groups in total. The van der Waals surface area contributed by atoms with Gasteiger partial charge in [0.05, 0.1) is 54.8 Å². The van der Waals surface area contributed by atoms with Crippen LogP contribution in [0, 0.1) is 13.8 Å². The van der Waals surface area contributed by atoms with Crippen LogP contribution in [0.4, 0.5) is 0 Å². The van der Waals surface area contributed by atoms with Gasteiger partial charge in [0, 0.05) is 38.1 Å². The molecule has 0 saturated carbocycles. The van der Waals surface area contributed by atoms with E-state index in [4.69, 9.17) is 4.74 Å². The van der Waals surface area contributed by atoms with Gasteiger partial charge in [0.1, 0.15) is 0 Å². The first-order chi connectivity index (χ1) is 13.5. The van der Waals surface area contributed by atoms with Crippen molar-refractivity contribution < 1.29 is 9.53 Å². The van der Waals surface area contributed by atoms with Crippen LogP contribution in [-0.4, -0.2) is 67.5 Å². The van der Waals surface area contributed by atoms with E-state index >= 15 is 0 Å². The molecular formula is C20H28N6O2. The monoisotopic (exact) mass is 384 g/mol. The number of amides is 1. The second-order valence-corrected chi connectivity index (χ2v) is 7.92. The number of hydrogen-bond acceptors (Lipinski definition) is 6. The van der Waals surface area contributed by atoms with Gasteiger partial charge in [-0.1, -0.05) is 0 Å². The number of aryl methyl sites for hydroxylation is 2. The summed E-state index contributed by atoms with van der Waals surface area (Å²) in [5.41, 5.74) is 3.58. The Balaban J connectivity index is 1.34. The molecule has 0 aliphatic carbocycles. The van der Waals surface area contributed by atoms with Crippen LogP contribution in [0.2, 0.25) is 0 Å².